The lowest BCUT2D eigenvalue weighted by Crippen LogP contribution is -2.46. The molecule has 1 N–H and O–H groups in total. The van der Waals surface area contributed by atoms with Gasteiger partial charge in [-0.25, -0.2) is 4.79 Å². The fourth-order valence-electron chi connectivity index (χ4n) is 2.33. The highest BCUT2D eigenvalue weighted by Gasteiger charge is 2.24. The molecule has 112 valence electrons. The minimum atomic E-state index is -0.428. The number of nitrogens with one attached hydrogen (secondary N) is 1. The molecule has 0 saturated carbocycles. The summed E-state index contributed by atoms with van der Waals surface area (Å²) >= 11 is 0. The average molecular weight is 288 g/mol. The molecule has 21 heavy (non-hydrogen) atoms. The first kappa shape index (κ1) is 15.1. The van der Waals surface area contributed by atoms with E-state index < -0.39 is 6.09 Å². The summed E-state index contributed by atoms with van der Waals surface area (Å²) < 4.78 is 4.89. The van der Waals surface area contributed by atoms with Crippen LogP contribution < -0.4 is 5.32 Å². The van der Waals surface area contributed by atoms with Crippen LogP contribution in [0, 0.1) is 0 Å². The van der Waals surface area contributed by atoms with Gasteiger partial charge in [-0.3, -0.25) is 4.79 Å². The Labute approximate surface area is 124 Å². The minimum absolute atomic E-state index is 0.0447. The van der Waals surface area contributed by atoms with Gasteiger partial charge >= 0.3 is 6.09 Å². The van der Waals surface area contributed by atoms with E-state index in [0.717, 1.165) is 12.8 Å². The van der Waals surface area contributed by atoms with Crippen molar-refractivity contribution in [3.63, 3.8) is 0 Å². The first-order valence-corrected chi connectivity index (χ1v) is 7.09. The summed E-state index contributed by atoms with van der Waals surface area (Å²) in [5.74, 6) is 0.0447. The molecule has 5 nitrogen and oxygen atoms in total. The molecule has 1 fully saturated rings. The van der Waals surface area contributed by atoms with Crippen LogP contribution >= 0.6 is 0 Å². The molecule has 1 aromatic rings. The molecule has 1 heterocycles. The number of rotatable bonds is 4. The molecule has 2 rings (SSSR count). The quantitative estimate of drug-likeness (QED) is 0.864. The summed E-state index contributed by atoms with van der Waals surface area (Å²) in [6.45, 7) is 4.97. The lowest BCUT2D eigenvalue weighted by Gasteiger charge is -2.32. The predicted octanol–water partition coefficient (Wildman–Crippen LogP) is 2.20. The Bertz CT molecular complexity index is 494. The number of ether oxygens (including phenoxy) is 1. The van der Waals surface area contributed by atoms with Gasteiger partial charge in [-0.05, 0) is 25.0 Å². The van der Waals surface area contributed by atoms with Gasteiger partial charge in [0.1, 0.15) is 6.61 Å². The molecule has 0 aromatic heterocycles. The summed E-state index contributed by atoms with van der Waals surface area (Å²) in [5, 5.41) is 2.81. The third-order valence-electron chi connectivity index (χ3n) is 3.46. The number of hydrogen-bond donors (Lipinski definition) is 1. The van der Waals surface area contributed by atoms with E-state index in [1.54, 1.807) is 0 Å². The van der Waals surface area contributed by atoms with Crippen molar-refractivity contribution in [3.05, 3.63) is 48.6 Å². The van der Waals surface area contributed by atoms with Crippen molar-refractivity contribution < 1.29 is 14.3 Å². The third kappa shape index (κ3) is 4.34. The molecule has 1 saturated heterocycles. The minimum Gasteiger partial charge on any atom is -0.445 e. The molecule has 0 aliphatic carbocycles. The highest BCUT2D eigenvalue weighted by Crippen LogP contribution is 2.14. The van der Waals surface area contributed by atoms with Gasteiger partial charge in [-0.15, -0.1) is 0 Å². The topological polar surface area (TPSA) is 58.6 Å². The number of nitrogens with zero attached hydrogens (tertiary/aromatic N) is 1. The van der Waals surface area contributed by atoms with Gasteiger partial charge < -0.3 is 15.0 Å². The molecule has 0 bridgehead atoms. The van der Waals surface area contributed by atoms with Crippen LogP contribution in [0.25, 0.3) is 0 Å². The number of hydrogen-bond acceptors (Lipinski definition) is 3. The number of piperidine rings is 1. The maximum Gasteiger partial charge on any atom is 0.407 e. The van der Waals surface area contributed by atoms with Gasteiger partial charge in [-0.1, -0.05) is 30.9 Å². The van der Waals surface area contributed by atoms with Crippen molar-refractivity contribution in [2.45, 2.75) is 18.9 Å². The Kier molecular flexibility index (Phi) is 5.37. The van der Waals surface area contributed by atoms with Crippen molar-refractivity contribution in [1.82, 2.24) is 10.2 Å². The Morgan fingerprint density at radius 2 is 1.95 bits per heavy atom. The lowest BCUT2D eigenvalue weighted by atomic mass is 10.0. The van der Waals surface area contributed by atoms with E-state index in [4.69, 9.17) is 4.74 Å². The van der Waals surface area contributed by atoms with Crippen LogP contribution in [0.2, 0.25) is 0 Å². The first-order chi connectivity index (χ1) is 10.2. The van der Waals surface area contributed by atoms with Gasteiger partial charge in [0.05, 0.1) is 0 Å². The zero-order chi connectivity index (χ0) is 15.1. The second-order valence-electron chi connectivity index (χ2n) is 4.96. The number of carbonyl (C=O) groups excluding carboxylic acids is 2. The van der Waals surface area contributed by atoms with Crippen LogP contribution in [0.5, 0.6) is 0 Å². The second-order valence-corrected chi connectivity index (χ2v) is 4.96. The second kappa shape index (κ2) is 7.47. The molecule has 2 amide bonds. The van der Waals surface area contributed by atoms with E-state index >= 15 is 0 Å². The summed E-state index contributed by atoms with van der Waals surface area (Å²) in [6.07, 6.45) is 2.58. The zero-order valence-electron chi connectivity index (χ0n) is 12.0. The van der Waals surface area contributed by atoms with Crippen molar-refractivity contribution in [2.75, 3.05) is 19.7 Å². The van der Waals surface area contributed by atoms with Gasteiger partial charge in [0.2, 0.25) is 0 Å². The molecule has 1 aliphatic rings. The number of carbonyl (C=O) groups is 2. The van der Waals surface area contributed by atoms with Crippen LogP contribution in [0.4, 0.5) is 4.79 Å². The Hall–Kier alpha value is -2.30. The number of benzene rings is 1. The predicted molar refractivity (Wildman–Crippen MR) is 80.0 cm³/mol. The smallest absolute Gasteiger partial charge is 0.407 e. The summed E-state index contributed by atoms with van der Waals surface area (Å²) in [5.41, 5.74) is 0.703. The fourth-order valence-corrected chi connectivity index (χ4v) is 2.33. The number of likely N-dealkylation sites (tertiary alicyclic amines) is 1. The first-order valence-electron chi connectivity index (χ1n) is 7.09. The molecular weight excluding hydrogens is 268 g/mol. The Morgan fingerprint density at radius 1 is 1.29 bits per heavy atom. The molecule has 1 aliphatic heterocycles. The van der Waals surface area contributed by atoms with Crippen molar-refractivity contribution in [3.8, 4) is 0 Å². The summed E-state index contributed by atoms with van der Waals surface area (Å²) in [4.78, 5) is 25.5. The van der Waals surface area contributed by atoms with E-state index in [1.165, 1.54) is 6.08 Å². The van der Waals surface area contributed by atoms with Crippen molar-refractivity contribution in [1.29, 1.82) is 0 Å². The van der Waals surface area contributed by atoms with Crippen LogP contribution in [0.1, 0.15) is 23.2 Å². The molecule has 0 atom stereocenters. The fraction of sp³-hybridized carbons (Fsp3) is 0.375. The van der Waals surface area contributed by atoms with E-state index in [0.29, 0.717) is 18.7 Å². The number of alkyl carbamates (subject to hydrolysis) is 1. The van der Waals surface area contributed by atoms with Gasteiger partial charge in [0, 0.05) is 24.7 Å². The third-order valence-corrected chi connectivity index (χ3v) is 3.46. The molecule has 0 radical (unpaired) electrons. The van der Waals surface area contributed by atoms with E-state index in [1.807, 2.05) is 35.2 Å². The Morgan fingerprint density at radius 3 is 2.57 bits per heavy atom. The van der Waals surface area contributed by atoms with Gasteiger partial charge in [0.15, 0.2) is 0 Å². The van der Waals surface area contributed by atoms with Crippen LogP contribution in [-0.4, -0.2) is 42.6 Å². The molecule has 1 aromatic carbocycles. The summed E-state index contributed by atoms with van der Waals surface area (Å²) in [6, 6.07) is 9.30. The monoisotopic (exact) mass is 288 g/mol. The summed E-state index contributed by atoms with van der Waals surface area (Å²) in [7, 11) is 0. The van der Waals surface area contributed by atoms with Crippen molar-refractivity contribution in [2.24, 2.45) is 0 Å². The molecular formula is C16H20N2O3. The van der Waals surface area contributed by atoms with E-state index in [9.17, 15) is 9.59 Å². The highest BCUT2D eigenvalue weighted by molar-refractivity contribution is 5.94. The standard InChI is InChI=1S/C16H20N2O3/c1-2-12-21-16(20)17-14-8-10-18(11-9-14)15(19)13-6-4-3-5-7-13/h2-7,14H,1,8-12H2,(H,17,20). The average Bonchev–Trinajstić information content (AvgIpc) is 2.54. The normalized spacial score (nSPS) is 15.3. The number of amides is 2. The molecule has 5 heteroatoms. The highest BCUT2D eigenvalue weighted by atomic mass is 16.5. The maximum absolute atomic E-state index is 12.3. The molecule has 0 unspecified atom stereocenters. The zero-order valence-corrected chi connectivity index (χ0v) is 12.0. The van der Waals surface area contributed by atoms with E-state index in [-0.39, 0.29) is 18.6 Å². The van der Waals surface area contributed by atoms with Crippen LogP contribution in [-0.2, 0) is 4.74 Å². The molecule has 0 spiro atoms. The largest absolute Gasteiger partial charge is 0.445 e. The van der Waals surface area contributed by atoms with E-state index in [2.05, 4.69) is 11.9 Å². The lowest BCUT2D eigenvalue weighted by molar-refractivity contribution is 0.0703. The van der Waals surface area contributed by atoms with Crippen LogP contribution in [0.15, 0.2) is 43.0 Å². The van der Waals surface area contributed by atoms with Crippen LogP contribution in [0.3, 0.4) is 0 Å². The van der Waals surface area contributed by atoms with Gasteiger partial charge in [-0.2, -0.15) is 0 Å². The van der Waals surface area contributed by atoms with Crippen molar-refractivity contribution >= 4 is 12.0 Å². The van der Waals surface area contributed by atoms with Gasteiger partial charge in [0.25, 0.3) is 5.91 Å². The SMILES string of the molecule is C=CCOC(=O)NC1CCN(C(=O)c2ccccc2)CC1. The Balaban J connectivity index is 1.79. The maximum atomic E-state index is 12.3.